The van der Waals surface area contributed by atoms with Gasteiger partial charge >= 0.3 is 5.97 Å². The van der Waals surface area contributed by atoms with Crippen LogP contribution in [0, 0.1) is 0 Å². The first-order valence-electron chi connectivity index (χ1n) is 4.99. The molecule has 0 radical (unpaired) electrons. The Balaban J connectivity index is 3.13. The average molecular weight is 240 g/mol. The van der Waals surface area contributed by atoms with Gasteiger partial charge in [0.1, 0.15) is 11.5 Å². The van der Waals surface area contributed by atoms with Crippen LogP contribution in [0.4, 0.5) is 0 Å². The molecule has 5 nitrogen and oxygen atoms in total. The van der Waals surface area contributed by atoms with E-state index in [1.54, 1.807) is 32.4 Å². The first kappa shape index (κ1) is 13.3. The van der Waals surface area contributed by atoms with E-state index >= 15 is 0 Å². The molecule has 0 aliphatic heterocycles. The second kappa shape index (κ2) is 6.10. The third-order valence-corrected chi connectivity index (χ3v) is 2.33. The lowest BCUT2D eigenvalue weighted by atomic mass is 10.1. The summed E-state index contributed by atoms with van der Waals surface area (Å²) in [5, 5.41) is 0. The molecule has 1 aromatic carbocycles. The average Bonchev–Trinajstić information content (AvgIpc) is 2.38. The van der Waals surface area contributed by atoms with Crippen molar-refractivity contribution in [2.45, 2.75) is 6.10 Å². The summed E-state index contributed by atoms with van der Waals surface area (Å²) in [7, 11) is 5.83. The molecule has 1 rings (SSSR count). The number of carbonyl (C=O) groups excluding carboxylic acids is 1. The molecule has 0 heterocycles. The Morgan fingerprint density at radius 2 is 1.53 bits per heavy atom. The molecule has 0 saturated heterocycles. The standard InChI is InChI=1S/C12H16O5/c1-14-9-5-8(6-10(7-9)15-2)11(16-3)12(13)17-4/h5-7,11H,1-4H3. The smallest absolute Gasteiger partial charge is 0.339 e. The Labute approximate surface area is 100 Å². The molecule has 5 heteroatoms. The predicted octanol–water partition coefficient (Wildman–Crippen LogP) is 1.56. The van der Waals surface area contributed by atoms with E-state index in [2.05, 4.69) is 4.74 Å². The monoisotopic (exact) mass is 240 g/mol. The van der Waals surface area contributed by atoms with E-state index in [0.717, 1.165) is 0 Å². The van der Waals surface area contributed by atoms with Crippen LogP contribution in [0.25, 0.3) is 0 Å². The van der Waals surface area contributed by atoms with Gasteiger partial charge in [0.15, 0.2) is 6.10 Å². The number of ether oxygens (including phenoxy) is 4. The van der Waals surface area contributed by atoms with E-state index in [1.807, 2.05) is 0 Å². The summed E-state index contributed by atoms with van der Waals surface area (Å²) in [6, 6.07) is 5.12. The van der Waals surface area contributed by atoms with Gasteiger partial charge in [-0.15, -0.1) is 0 Å². The van der Waals surface area contributed by atoms with Gasteiger partial charge in [-0.2, -0.15) is 0 Å². The zero-order valence-electron chi connectivity index (χ0n) is 10.4. The van der Waals surface area contributed by atoms with Gasteiger partial charge in [0.2, 0.25) is 0 Å². The Kier molecular flexibility index (Phi) is 4.78. The summed E-state index contributed by atoms with van der Waals surface area (Å²) >= 11 is 0. The van der Waals surface area contributed by atoms with Crippen LogP contribution in [0.15, 0.2) is 18.2 Å². The SMILES string of the molecule is COC(=O)C(OC)c1cc(OC)cc(OC)c1. The molecule has 94 valence electrons. The van der Waals surface area contributed by atoms with Crippen molar-refractivity contribution < 1.29 is 23.7 Å². The summed E-state index contributed by atoms with van der Waals surface area (Å²) < 4.78 is 20.0. The molecule has 1 unspecified atom stereocenters. The lowest BCUT2D eigenvalue weighted by Gasteiger charge is -2.15. The molecule has 0 N–H and O–H groups in total. The van der Waals surface area contributed by atoms with Crippen LogP contribution in [0.5, 0.6) is 11.5 Å². The Morgan fingerprint density at radius 3 is 1.88 bits per heavy atom. The zero-order chi connectivity index (χ0) is 12.8. The van der Waals surface area contributed by atoms with Gasteiger partial charge in [0, 0.05) is 13.2 Å². The molecule has 0 aliphatic carbocycles. The highest BCUT2D eigenvalue weighted by Crippen LogP contribution is 2.28. The number of methoxy groups -OCH3 is 4. The highest BCUT2D eigenvalue weighted by Gasteiger charge is 2.22. The predicted molar refractivity (Wildman–Crippen MR) is 61.3 cm³/mol. The fraction of sp³-hybridized carbons (Fsp3) is 0.417. The first-order chi connectivity index (χ1) is 8.15. The summed E-state index contributed by atoms with van der Waals surface area (Å²) in [6.07, 6.45) is -0.788. The van der Waals surface area contributed by atoms with Crippen molar-refractivity contribution in [2.75, 3.05) is 28.4 Å². The van der Waals surface area contributed by atoms with E-state index in [-0.39, 0.29) is 0 Å². The Bertz CT molecular complexity index is 366. The molecule has 0 aromatic heterocycles. The van der Waals surface area contributed by atoms with Gasteiger partial charge in [-0.1, -0.05) is 0 Å². The lowest BCUT2D eigenvalue weighted by molar-refractivity contribution is -0.152. The van der Waals surface area contributed by atoms with Gasteiger partial charge in [0.25, 0.3) is 0 Å². The normalized spacial score (nSPS) is 11.8. The minimum atomic E-state index is -0.788. The number of benzene rings is 1. The van der Waals surface area contributed by atoms with Crippen molar-refractivity contribution in [2.24, 2.45) is 0 Å². The molecular formula is C12H16O5. The van der Waals surface area contributed by atoms with Crippen molar-refractivity contribution in [1.29, 1.82) is 0 Å². The molecule has 1 aromatic rings. The molecule has 0 saturated carbocycles. The quantitative estimate of drug-likeness (QED) is 0.731. The number of esters is 1. The zero-order valence-corrected chi connectivity index (χ0v) is 10.4. The second-order valence-electron chi connectivity index (χ2n) is 3.28. The van der Waals surface area contributed by atoms with Crippen LogP contribution in [0.2, 0.25) is 0 Å². The molecular weight excluding hydrogens is 224 g/mol. The fourth-order valence-electron chi connectivity index (χ4n) is 1.46. The minimum Gasteiger partial charge on any atom is -0.497 e. The number of hydrogen-bond acceptors (Lipinski definition) is 5. The largest absolute Gasteiger partial charge is 0.497 e. The summed E-state index contributed by atoms with van der Waals surface area (Å²) in [5.41, 5.74) is 0.621. The maximum atomic E-state index is 11.5. The van der Waals surface area contributed by atoms with Crippen LogP contribution < -0.4 is 9.47 Å². The maximum absolute atomic E-state index is 11.5. The van der Waals surface area contributed by atoms with E-state index in [1.165, 1.54) is 14.2 Å². The van der Waals surface area contributed by atoms with Crippen molar-refractivity contribution in [3.05, 3.63) is 23.8 Å². The summed E-state index contributed by atoms with van der Waals surface area (Å²) in [6.45, 7) is 0. The highest BCUT2D eigenvalue weighted by atomic mass is 16.6. The molecule has 0 amide bonds. The Morgan fingerprint density at radius 1 is 1.00 bits per heavy atom. The van der Waals surface area contributed by atoms with Crippen molar-refractivity contribution >= 4 is 5.97 Å². The van der Waals surface area contributed by atoms with Gasteiger partial charge < -0.3 is 18.9 Å². The van der Waals surface area contributed by atoms with E-state index in [4.69, 9.17) is 14.2 Å². The highest BCUT2D eigenvalue weighted by molar-refractivity contribution is 5.76. The van der Waals surface area contributed by atoms with Crippen molar-refractivity contribution in [3.8, 4) is 11.5 Å². The number of rotatable bonds is 5. The minimum absolute atomic E-state index is 0.470. The van der Waals surface area contributed by atoms with Crippen LogP contribution in [0.3, 0.4) is 0 Å². The van der Waals surface area contributed by atoms with Crippen molar-refractivity contribution in [1.82, 2.24) is 0 Å². The van der Waals surface area contributed by atoms with Gasteiger partial charge in [-0.05, 0) is 17.7 Å². The van der Waals surface area contributed by atoms with Crippen LogP contribution >= 0.6 is 0 Å². The van der Waals surface area contributed by atoms with Crippen LogP contribution in [-0.2, 0) is 14.3 Å². The molecule has 0 fully saturated rings. The maximum Gasteiger partial charge on any atom is 0.339 e. The number of hydrogen-bond donors (Lipinski definition) is 0. The van der Waals surface area contributed by atoms with Crippen LogP contribution in [-0.4, -0.2) is 34.4 Å². The fourth-order valence-corrected chi connectivity index (χ4v) is 1.46. The van der Waals surface area contributed by atoms with Crippen LogP contribution in [0.1, 0.15) is 11.7 Å². The molecule has 0 spiro atoms. The van der Waals surface area contributed by atoms with Crippen molar-refractivity contribution in [3.63, 3.8) is 0 Å². The Hall–Kier alpha value is -1.75. The molecule has 0 aliphatic rings. The van der Waals surface area contributed by atoms with E-state index in [0.29, 0.717) is 17.1 Å². The summed E-state index contributed by atoms with van der Waals surface area (Å²) in [5.74, 6) is 0.707. The number of carbonyl (C=O) groups is 1. The van der Waals surface area contributed by atoms with Gasteiger partial charge in [0.05, 0.1) is 21.3 Å². The summed E-state index contributed by atoms with van der Waals surface area (Å²) in [4.78, 5) is 11.5. The molecule has 0 bridgehead atoms. The van der Waals surface area contributed by atoms with Gasteiger partial charge in [-0.25, -0.2) is 4.79 Å². The topological polar surface area (TPSA) is 54.0 Å². The lowest BCUT2D eigenvalue weighted by Crippen LogP contribution is -2.16. The van der Waals surface area contributed by atoms with E-state index in [9.17, 15) is 4.79 Å². The first-order valence-corrected chi connectivity index (χ1v) is 4.99. The molecule has 17 heavy (non-hydrogen) atoms. The van der Waals surface area contributed by atoms with Gasteiger partial charge in [-0.3, -0.25) is 0 Å². The third-order valence-electron chi connectivity index (χ3n) is 2.33. The van der Waals surface area contributed by atoms with E-state index < -0.39 is 12.1 Å². The second-order valence-corrected chi connectivity index (χ2v) is 3.28. The third kappa shape index (κ3) is 3.10. The molecule has 1 atom stereocenters.